The number of hydrogen-bond donors (Lipinski definition) is 3. The van der Waals surface area contributed by atoms with Gasteiger partial charge in [0.1, 0.15) is 0 Å². The summed E-state index contributed by atoms with van der Waals surface area (Å²) in [6.07, 6.45) is 1.30. The van der Waals surface area contributed by atoms with Gasteiger partial charge in [-0.1, -0.05) is 44.2 Å². The first-order valence-electron chi connectivity index (χ1n) is 7.88. The normalized spacial score (nSPS) is 12.7. The van der Waals surface area contributed by atoms with E-state index in [9.17, 15) is 5.11 Å². The van der Waals surface area contributed by atoms with Gasteiger partial charge in [-0.2, -0.15) is 0 Å². The van der Waals surface area contributed by atoms with E-state index in [0.29, 0.717) is 18.9 Å². The van der Waals surface area contributed by atoms with E-state index in [1.807, 2.05) is 30.3 Å². The molecule has 1 rings (SSSR count). The molecule has 0 aliphatic rings. The highest BCUT2D eigenvalue weighted by atomic mass is 127. The van der Waals surface area contributed by atoms with Crippen LogP contribution >= 0.6 is 24.0 Å². The minimum absolute atomic E-state index is 0. The van der Waals surface area contributed by atoms with Crippen LogP contribution in [0.3, 0.4) is 0 Å². The van der Waals surface area contributed by atoms with Crippen LogP contribution < -0.4 is 10.6 Å². The summed E-state index contributed by atoms with van der Waals surface area (Å²) in [5.74, 6) is 1.51. The molecule has 0 aliphatic heterocycles. The molecular formula is C17H30IN3O. The SMILES string of the molecule is CCNC(=NCCC(O)c1ccccc1)NCCC(C)C.I. The smallest absolute Gasteiger partial charge is 0.191 e. The lowest BCUT2D eigenvalue weighted by molar-refractivity contribution is 0.170. The molecule has 0 amide bonds. The maximum atomic E-state index is 10.1. The molecule has 0 saturated heterocycles. The lowest BCUT2D eigenvalue weighted by atomic mass is 10.1. The molecule has 1 aromatic carbocycles. The summed E-state index contributed by atoms with van der Waals surface area (Å²) >= 11 is 0. The average Bonchev–Trinajstić information content (AvgIpc) is 2.47. The molecule has 0 heterocycles. The Labute approximate surface area is 151 Å². The molecule has 5 heteroatoms. The molecule has 0 aromatic heterocycles. The summed E-state index contributed by atoms with van der Waals surface area (Å²) in [6.45, 7) is 8.84. The minimum Gasteiger partial charge on any atom is -0.388 e. The first-order valence-corrected chi connectivity index (χ1v) is 7.88. The van der Waals surface area contributed by atoms with Crippen molar-refractivity contribution < 1.29 is 5.11 Å². The van der Waals surface area contributed by atoms with Gasteiger partial charge in [-0.25, -0.2) is 0 Å². The second kappa shape index (κ2) is 12.7. The molecule has 0 saturated carbocycles. The predicted octanol–water partition coefficient (Wildman–Crippen LogP) is 3.33. The number of guanidine groups is 1. The van der Waals surface area contributed by atoms with Crippen LogP contribution in [0.15, 0.2) is 35.3 Å². The first-order chi connectivity index (χ1) is 10.1. The van der Waals surface area contributed by atoms with Crippen molar-refractivity contribution in [2.75, 3.05) is 19.6 Å². The van der Waals surface area contributed by atoms with Gasteiger partial charge in [0.15, 0.2) is 5.96 Å². The molecule has 22 heavy (non-hydrogen) atoms. The standard InChI is InChI=1S/C17H29N3O.HI/c1-4-18-17(19-12-10-14(2)3)20-13-11-16(21)15-8-6-5-7-9-15;/h5-9,14,16,21H,4,10-13H2,1-3H3,(H2,18,19,20);1H. The van der Waals surface area contributed by atoms with Crippen molar-refractivity contribution in [2.24, 2.45) is 10.9 Å². The molecule has 0 bridgehead atoms. The maximum Gasteiger partial charge on any atom is 0.191 e. The second-order valence-corrected chi connectivity index (χ2v) is 5.59. The summed E-state index contributed by atoms with van der Waals surface area (Å²) < 4.78 is 0. The van der Waals surface area contributed by atoms with Crippen LogP contribution in [-0.2, 0) is 0 Å². The second-order valence-electron chi connectivity index (χ2n) is 5.59. The fourth-order valence-corrected chi connectivity index (χ4v) is 1.96. The van der Waals surface area contributed by atoms with E-state index >= 15 is 0 Å². The van der Waals surface area contributed by atoms with Crippen molar-refractivity contribution >= 4 is 29.9 Å². The summed E-state index contributed by atoms with van der Waals surface area (Å²) in [6, 6.07) is 9.73. The van der Waals surface area contributed by atoms with Crippen LogP contribution in [0.1, 0.15) is 45.3 Å². The highest BCUT2D eigenvalue weighted by Crippen LogP contribution is 2.15. The van der Waals surface area contributed by atoms with Crippen LogP contribution in [0.5, 0.6) is 0 Å². The number of hydrogen-bond acceptors (Lipinski definition) is 2. The number of aliphatic hydroxyl groups excluding tert-OH is 1. The summed E-state index contributed by atoms with van der Waals surface area (Å²) in [5, 5.41) is 16.7. The quantitative estimate of drug-likeness (QED) is 0.344. The van der Waals surface area contributed by atoms with Crippen molar-refractivity contribution in [3.05, 3.63) is 35.9 Å². The van der Waals surface area contributed by atoms with E-state index in [2.05, 4.69) is 36.4 Å². The van der Waals surface area contributed by atoms with E-state index in [1.54, 1.807) is 0 Å². The van der Waals surface area contributed by atoms with Crippen LogP contribution in [0.25, 0.3) is 0 Å². The van der Waals surface area contributed by atoms with Crippen LogP contribution in [0, 0.1) is 5.92 Å². The molecule has 3 N–H and O–H groups in total. The van der Waals surface area contributed by atoms with Crippen LogP contribution in [-0.4, -0.2) is 30.7 Å². The fraction of sp³-hybridized carbons (Fsp3) is 0.588. The zero-order chi connectivity index (χ0) is 15.5. The largest absolute Gasteiger partial charge is 0.388 e. The van der Waals surface area contributed by atoms with E-state index in [-0.39, 0.29) is 24.0 Å². The average molecular weight is 419 g/mol. The van der Waals surface area contributed by atoms with Crippen molar-refractivity contribution in [1.29, 1.82) is 0 Å². The molecular weight excluding hydrogens is 389 g/mol. The van der Waals surface area contributed by atoms with E-state index in [1.165, 1.54) is 0 Å². The lowest BCUT2D eigenvalue weighted by Gasteiger charge is -2.13. The Hall–Kier alpha value is -0.820. The molecule has 4 nitrogen and oxygen atoms in total. The maximum absolute atomic E-state index is 10.1. The minimum atomic E-state index is -0.450. The van der Waals surface area contributed by atoms with Crippen molar-refractivity contribution in [3.63, 3.8) is 0 Å². The van der Waals surface area contributed by atoms with E-state index < -0.39 is 6.10 Å². The van der Waals surface area contributed by atoms with Gasteiger partial charge >= 0.3 is 0 Å². The Morgan fingerprint density at radius 2 is 1.82 bits per heavy atom. The third kappa shape index (κ3) is 9.25. The first kappa shape index (κ1) is 21.2. The number of halogens is 1. The van der Waals surface area contributed by atoms with Gasteiger partial charge < -0.3 is 15.7 Å². The highest BCUT2D eigenvalue weighted by molar-refractivity contribution is 14.0. The van der Waals surface area contributed by atoms with Gasteiger partial charge in [0, 0.05) is 19.6 Å². The third-order valence-corrected chi connectivity index (χ3v) is 3.22. The molecule has 126 valence electrons. The molecule has 1 aromatic rings. The van der Waals surface area contributed by atoms with Gasteiger partial charge in [-0.05, 0) is 31.2 Å². The molecule has 0 spiro atoms. The number of aliphatic imine (C=N–C) groups is 1. The summed E-state index contributed by atoms with van der Waals surface area (Å²) in [7, 11) is 0. The van der Waals surface area contributed by atoms with Crippen LogP contribution in [0.2, 0.25) is 0 Å². The zero-order valence-corrected chi connectivity index (χ0v) is 16.2. The number of nitrogens with one attached hydrogen (secondary N) is 2. The molecule has 0 fully saturated rings. The molecule has 1 atom stereocenters. The lowest BCUT2D eigenvalue weighted by Crippen LogP contribution is -2.38. The molecule has 1 unspecified atom stereocenters. The fourth-order valence-electron chi connectivity index (χ4n) is 1.96. The van der Waals surface area contributed by atoms with Gasteiger partial charge in [0.2, 0.25) is 0 Å². The van der Waals surface area contributed by atoms with E-state index in [4.69, 9.17) is 0 Å². The monoisotopic (exact) mass is 419 g/mol. The van der Waals surface area contributed by atoms with Crippen LogP contribution in [0.4, 0.5) is 0 Å². The van der Waals surface area contributed by atoms with Gasteiger partial charge in [0.05, 0.1) is 6.10 Å². The van der Waals surface area contributed by atoms with Gasteiger partial charge in [-0.3, -0.25) is 4.99 Å². The Morgan fingerprint density at radius 3 is 2.41 bits per heavy atom. The van der Waals surface area contributed by atoms with Crippen molar-refractivity contribution in [2.45, 2.75) is 39.7 Å². The Morgan fingerprint density at radius 1 is 1.14 bits per heavy atom. The van der Waals surface area contributed by atoms with Crippen molar-refractivity contribution in [1.82, 2.24) is 10.6 Å². The molecule has 0 aliphatic carbocycles. The van der Waals surface area contributed by atoms with Gasteiger partial charge in [-0.15, -0.1) is 24.0 Å². The third-order valence-electron chi connectivity index (χ3n) is 3.22. The van der Waals surface area contributed by atoms with Gasteiger partial charge in [0.25, 0.3) is 0 Å². The van der Waals surface area contributed by atoms with Crippen molar-refractivity contribution in [3.8, 4) is 0 Å². The highest BCUT2D eigenvalue weighted by Gasteiger charge is 2.06. The Bertz CT molecular complexity index is 410. The Kier molecular flexibility index (Phi) is 12.2. The summed E-state index contributed by atoms with van der Waals surface area (Å²) in [4.78, 5) is 4.51. The number of rotatable bonds is 8. The summed E-state index contributed by atoms with van der Waals surface area (Å²) in [5.41, 5.74) is 0.950. The topological polar surface area (TPSA) is 56.7 Å². The number of aliphatic hydroxyl groups is 1. The number of benzene rings is 1. The zero-order valence-electron chi connectivity index (χ0n) is 13.9. The molecule has 0 radical (unpaired) electrons. The van der Waals surface area contributed by atoms with E-state index in [0.717, 1.165) is 31.0 Å². The predicted molar refractivity (Wildman–Crippen MR) is 105 cm³/mol. The Balaban J connectivity index is 0.00000441. The number of nitrogens with zero attached hydrogens (tertiary/aromatic N) is 1.